The highest BCUT2D eigenvalue weighted by Gasteiger charge is 2.42. The van der Waals surface area contributed by atoms with Crippen molar-refractivity contribution < 1.29 is 31.9 Å². The van der Waals surface area contributed by atoms with Crippen molar-refractivity contribution in [2.45, 2.75) is 18.2 Å². The summed E-state index contributed by atoms with van der Waals surface area (Å²) in [6.45, 7) is 1.72. The third-order valence-corrected chi connectivity index (χ3v) is 2.71. The van der Waals surface area contributed by atoms with E-state index in [-0.39, 0.29) is 10.7 Å². The predicted octanol–water partition coefficient (Wildman–Crippen LogP) is 2.92. The van der Waals surface area contributed by atoms with Crippen LogP contribution in [0.15, 0.2) is 15.6 Å². The fourth-order valence-corrected chi connectivity index (χ4v) is 1.83. The summed E-state index contributed by atoms with van der Waals surface area (Å²) in [5.74, 6) is -3.43. The van der Waals surface area contributed by atoms with Gasteiger partial charge in [-0.1, -0.05) is 18.7 Å². The molecule has 0 N–H and O–H groups in total. The fourth-order valence-electron chi connectivity index (χ4n) is 1.12. The summed E-state index contributed by atoms with van der Waals surface area (Å²) in [4.78, 5) is 22.3. The largest absolute Gasteiger partial charge is 0.465 e. The SMILES string of the molecule is CCSc1oc(C(=O)C(F)(F)F)cc1C(=O)OC. The molecule has 1 aromatic heterocycles. The van der Waals surface area contributed by atoms with Crippen LogP contribution in [0.25, 0.3) is 0 Å². The van der Waals surface area contributed by atoms with E-state index in [1.165, 1.54) is 0 Å². The van der Waals surface area contributed by atoms with Crippen LogP contribution < -0.4 is 0 Å². The summed E-state index contributed by atoms with van der Waals surface area (Å²) in [7, 11) is 1.08. The fraction of sp³-hybridized carbons (Fsp3) is 0.400. The van der Waals surface area contributed by atoms with Gasteiger partial charge >= 0.3 is 17.9 Å². The molecule has 1 aromatic rings. The highest BCUT2D eigenvalue weighted by Crippen LogP contribution is 2.30. The zero-order valence-corrected chi connectivity index (χ0v) is 10.3. The maximum absolute atomic E-state index is 12.2. The number of hydrogen-bond acceptors (Lipinski definition) is 5. The van der Waals surface area contributed by atoms with Crippen LogP contribution in [0.5, 0.6) is 0 Å². The van der Waals surface area contributed by atoms with Gasteiger partial charge in [0.1, 0.15) is 5.56 Å². The molecule has 0 aliphatic carbocycles. The number of methoxy groups -OCH3 is 1. The number of furan rings is 1. The van der Waals surface area contributed by atoms with Gasteiger partial charge in [0, 0.05) is 6.07 Å². The van der Waals surface area contributed by atoms with Crippen LogP contribution in [0.4, 0.5) is 13.2 Å². The molecule has 0 atom stereocenters. The van der Waals surface area contributed by atoms with Crippen LogP contribution in [0, 0.1) is 0 Å². The molecule has 0 unspecified atom stereocenters. The Balaban J connectivity index is 3.17. The Kier molecular flexibility index (Phi) is 4.44. The zero-order chi connectivity index (χ0) is 13.9. The molecule has 100 valence electrons. The maximum Gasteiger partial charge on any atom is 0.458 e. The minimum Gasteiger partial charge on any atom is -0.465 e. The molecule has 0 spiro atoms. The van der Waals surface area contributed by atoms with Gasteiger partial charge in [-0.05, 0) is 5.75 Å². The number of ether oxygens (including phenoxy) is 1. The van der Waals surface area contributed by atoms with Gasteiger partial charge < -0.3 is 9.15 Å². The molecule has 0 saturated carbocycles. The first kappa shape index (κ1) is 14.6. The monoisotopic (exact) mass is 282 g/mol. The molecule has 0 saturated heterocycles. The van der Waals surface area contributed by atoms with E-state index >= 15 is 0 Å². The van der Waals surface area contributed by atoms with E-state index in [2.05, 4.69) is 4.74 Å². The lowest BCUT2D eigenvalue weighted by Gasteiger charge is -2.00. The molecule has 0 radical (unpaired) electrons. The first-order valence-corrected chi connectivity index (χ1v) is 5.76. The first-order valence-electron chi connectivity index (χ1n) is 4.77. The molecular weight excluding hydrogens is 273 g/mol. The van der Waals surface area contributed by atoms with E-state index in [4.69, 9.17) is 4.42 Å². The quantitative estimate of drug-likeness (QED) is 0.483. The number of carbonyl (C=O) groups excluding carboxylic acids is 2. The molecule has 0 amide bonds. The smallest absolute Gasteiger partial charge is 0.458 e. The maximum atomic E-state index is 12.2. The van der Waals surface area contributed by atoms with Crippen LogP contribution in [0.2, 0.25) is 0 Å². The van der Waals surface area contributed by atoms with Crippen LogP contribution >= 0.6 is 11.8 Å². The van der Waals surface area contributed by atoms with Gasteiger partial charge in [0.15, 0.2) is 10.9 Å². The average molecular weight is 282 g/mol. The zero-order valence-electron chi connectivity index (χ0n) is 9.46. The van der Waals surface area contributed by atoms with Crippen molar-refractivity contribution in [2.24, 2.45) is 0 Å². The molecule has 0 fully saturated rings. The minimum absolute atomic E-state index is 0.0584. The molecule has 0 aromatic carbocycles. The first-order chi connectivity index (χ1) is 8.31. The number of hydrogen-bond donors (Lipinski definition) is 0. The Morgan fingerprint density at radius 3 is 2.50 bits per heavy atom. The second kappa shape index (κ2) is 5.47. The van der Waals surface area contributed by atoms with E-state index in [0.717, 1.165) is 24.9 Å². The normalized spacial score (nSPS) is 11.4. The molecule has 8 heteroatoms. The van der Waals surface area contributed by atoms with Crippen molar-refractivity contribution in [2.75, 3.05) is 12.9 Å². The summed E-state index contributed by atoms with van der Waals surface area (Å²) in [6.07, 6.45) is -5.04. The summed E-state index contributed by atoms with van der Waals surface area (Å²) in [6, 6.07) is 0.750. The molecule has 18 heavy (non-hydrogen) atoms. The van der Waals surface area contributed by atoms with Crippen molar-refractivity contribution in [3.05, 3.63) is 17.4 Å². The number of rotatable bonds is 4. The Bertz CT molecular complexity index is 464. The van der Waals surface area contributed by atoms with Crippen molar-refractivity contribution in [3.8, 4) is 0 Å². The molecule has 1 heterocycles. The molecule has 0 aliphatic heterocycles. The second-order valence-electron chi connectivity index (χ2n) is 3.06. The molecule has 0 aliphatic rings. The lowest BCUT2D eigenvalue weighted by Crippen LogP contribution is -2.22. The van der Waals surface area contributed by atoms with Crippen LogP contribution in [-0.2, 0) is 4.74 Å². The van der Waals surface area contributed by atoms with E-state index < -0.39 is 23.7 Å². The standard InChI is InChI=1S/C10H9F3O4S/c1-3-18-9-5(8(15)16-2)4-6(17-9)7(14)10(11,12)13/h4H,3H2,1-2H3. The van der Waals surface area contributed by atoms with Gasteiger partial charge in [-0.15, -0.1) is 0 Å². The number of halogens is 3. The van der Waals surface area contributed by atoms with Crippen molar-refractivity contribution in [1.82, 2.24) is 0 Å². The van der Waals surface area contributed by atoms with Gasteiger partial charge in [0.2, 0.25) is 0 Å². The summed E-state index contributed by atoms with van der Waals surface area (Å²) >= 11 is 1.01. The lowest BCUT2D eigenvalue weighted by atomic mass is 10.2. The van der Waals surface area contributed by atoms with Crippen LogP contribution in [0.3, 0.4) is 0 Å². The Morgan fingerprint density at radius 1 is 1.44 bits per heavy atom. The van der Waals surface area contributed by atoms with Gasteiger partial charge in [0.25, 0.3) is 0 Å². The highest BCUT2D eigenvalue weighted by molar-refractivity contribution is 7.99. The highest BCUT2D eigenvalue weighted by atomic mass is 32.2. The summed E-state index contributed by atoms with van der Waals surface area (Å²) < 4.78 is 45.8. The Labute approximate surface area is 104 Å². The van der Waals surface area contributed by atoms with E-state index in [9.17, 15) is 22.8 Å². The van der Waals surface area contributed by atoms with Crippen molar-refractivity contribution in [3.63, 3.8) is 0 Å². The van der Waals surface area contributed by atoms with Crippen LogP contribution in [-0.4, -0.2) is 30.8 Å². The minimum atomic E-state index is -5.04. The molecule has 4 nitrogen and oxygen atoms in total. The summed E-state index contributed by atoms with van der Waals surface area (Å²) in [5, 5.41) is -0.0584. The average Bonchev–Trinajstić information content (AvgIpc) is 2.70. The van der Waals surface area contributed by atoms with Gasteiger partial charge in [-0.2, -0.15) is 13.2 Å². The van der Waals surface area contributed by atoms with Gasteiger partial charge in [0.05, 0.1) is 7.11 Å². The van der Waals surface area contributed by atoms with E-state index in [1.807, 2.05) is 0 Å². The van der Waals surface area contributed by atoms with E-state index in [1.54, 1.807) is 6.92 Å². The number of ketones is 1. The van der Waals surface area contributed by atoms with Crippen molar-refractivity contribution in [1.29, 1.82) is 0 Å². The molecular formula is C10H9F3O4S. The van der Waals surface area contributed by atoms with Gasteiger partial charge in [-0.3, -0.25) is 4.79 Å². The second-order valence-corrected chi connectivity index (χ2v) is 4.30. The van der Waals surface area contributed by atoms with Crippen LogP contribution in [0.1, 0.15) is 27.8 Å². The number of carbonyl (C=O) groups is 2. The van der Waals surface area contributed by atoms with Crippen molar-refractivity contribution >= 4 is 23.5 Å². The number of alkyl halides is 3. The predicted molar refractivity (Wildman–Crippen MR) is 56.8 cm³/mol. The lowest BCUT2D eigenvalue weighted by molar-refractivity contribution is -0.0901. The van der Waals surface area contributed by atoms with Gasteiger partial charge in [-0.25, -0.2) is 4.79 Å². The van der Waals surface area contributed by atoms with E-state index in [0.29, 0.717) is 5.75 Å². The molecule has 0 bridgehead atoms. The third kappa shape index (κ3) is 3.06. The summed E-state index contributed by atoms with van der Waals surface area (Å²) in [5.41, 5.74) is -0.183. The third-order valence-electron chi connectivity index (χ3n) is 1.86. The number of esters is 1. The topological polar surface area (TPSA) is 56.5 Å². The molecule has 1 rings (SSSR count). The Hall–Kier alpha value is -1.44. The number of Topliss-reactive ketones (excluding diaryl/α,β-unsaturated/α-hetero) is 1. The number of thioether (sulfide) groups is 1. The Morgan fingerprint density at radius 2 is 2.06 bits per heavy atom.